The number of ketones is 1. The zero-order valence-corrected chi connectivity index (χ0v) is 13.8. The summed E-state index contributed by atoms with van der Waals surface area (Å²) in [6.45, 7) is 3.42. The van der Waals surface area contributed by atoms with Crippen LogP contribution < -0.4 is 0 Å². The highest BCUT2D eigenvalue weighted by atomic mass is 16.1. The number of hydrogen-bond acceptors (Lipinski definition) is 1. The maximum absolute atomic E-state index is 13.0. The second-order valence-corrected chi connectivity index (χ2v) is 7.04. The normalized spacial score (nSPS) is 22.7. The molecule has 2 rings (SSSR count). The van der Waals surface area contributed by atoms with Gasteiger partial charge in [0.25, 0.3) is 0 Å². The lowest BCUT2D eigenvalue weighted by molar-refractivity contribution is -0.922. The standard InChI is InChI=1S/C19H30NO/c1-4-5-13-17(18-14-9-10-15-20(18,2)3)19(21)16-11-7-6-8-12-16/h6-8,11-12,17-18H,4-5,9-10,13-15H2,1-3H3/q+1. The van der Waals surface area contributed by atoms with E-state index in [2.05, 4.69) is 21.0 Å². The van der Waals surface area contributed by atoms with Crippen LogP contribution in [-0.4, -0.2) is 36.9 Å². The van der Waals surface area contributed by atoms with Crippen LogP contribution in [0.1, 0.15) is 55.8 Å². The molecule has 2 unspecified atom stereocenters. The first kappa shape index (κ1) is 16.2. The summed E-state index contributed by atoms with van der Waals surface area (Å²) in [5, 5.41) is 0. The van der Waals surface area contributed by atoms with Crippen molar-refractivity contribution in [2.24, 2.45) is 5.92 Å². The molecule has 0 aromatic heterocycles. The van der Waals surface area contributed by atoms with Gasteiger partial charge in [-0.3, -0.25) is 4.79 Å². The topological polar surface area (TPSA) is 17.1 Å². The van der Waals surface area contributed by atoms with Crippen LogP contribution in [-0.2, 0) is 0 Å². The molecule has 0 aliphatic carbocycles. The highest BCUT2D eigenvalue weighted by molar-refractivity contribution is 5.98. The van der Waals surface area contributed by atoms with Gasteiger partial charge in [0.05, 0.1) is 32.6 Å². The quantitative estimate of drug-likeness (QED) is 0.563. The van der Waals surface area contributed by atoms with Crippen LogP contribution in [0.3, 0.4) is 0 Å². The van der Waals surface area contributed by atoms with Gasteiger partial charge in [-0.1, -0.05) is 50.1 Å². The van der Waals surface area contributed by atoms with Crippen molar-refractivity contribution in [1.29, 1.82) is 0 Å². The van der Waals surface area contributed by atoms with Gasteiger partial charge in [0.1, 0.15) is 0 Å². The largest absolute Gasteiger partial charge is 0.325 e. The van der Waals surface area contributed by atoms with Gasteiger partial charge >= 0.3 is 0 Å². The fraction of sp³-hybridized carbons (Fsp3) is 0.632. The van der Waals surface area contributed by atoms with Crippen molar-refractivity contribution in [3.63, 3.8) is 0 Å². The van der Waals surface area contributed by atoms with E-state index in [-0.39, 0.29) is 5.92 Å². The lowest BCUT2D eigenvalue weighted by Gasteiger charge is -2.45. The van der Waals surface area contributed by atoms with Gasteiger partial charge in [-0.05, 0) is 19.3 Å². The summed E-state index contributed by atoms with van der Waals surface area (Å²) in [6, 6.07) is 10.4. The Morgan fingerprint density at radius 3 is 2.57 bits per heavy atom. The van der Waals surface area contributed by atoms with E-state index in [1.165, 1.54) is 32.2 Å². The van der Waals surface area contributed by atoms with Crippen molar-refractivity contribution in [3.8, 4) is 0 Å². The summed E-state index contributed by atoms with van der Waals surface area (Å²) in [7, 11) is 4.61. The van der Waals surface area contributed by atoms with E-state index in [1.807, 2.05) is 30.3 Å². The number of Topliss-reactive ketones (excluding diaryl/α,β-unsaturated/α-hetero) is 1. The molecule has 21 heavy (non-hydrogen) atoms. The van der Waals surface area contributed by atoms with Crippen molar-refractivity contribution >= 4 is 5.78 Å². The third-order valence-electron chi connectivity index (χ3n) is 5.11. The van der Waals surface area contributed by atoms with Crippen LogP contribution in [0.4, 0.5) is 0 Å². The molecule has 1 aromatic rings. The van der Waals surface area contributed by atoms with Crippen LogP contribution in [0.15, 0.2) is 30.3 Å². The van der Waals surface area contributed by atoms with Gasteiger partial charge in [-0.25, -0.2) is 0 Å². The molecule has 1 aliphatic rings. The molecule has 0 N–H and O–H groups in total. The van der Waals surface area contributed by atoms with Crippen LogP contribution >= 0.6 is 0 Å². The van der Waals surface area contributed by atoms with Crippen LogP contribution in [0.25, 0.3) is 0 Å². The fourth-order valence-corrected chi connectivity index (χ4v) is 3.82. The summed E-state index contributed by atoms with van der Waals surface area (Å²) < 4.78 is 1.01. The fourth-order valence-electron chi connectivity index (χ4n) is 3.82. The number of piperidine rings is 1. The Kier molecular flexibility index (Phi) is 5.58. The molecule has 1 saturated heterocycles. The van der Waals surface area contributed by atoms with Gasteiger partial charge < -0.3 is 4.48 Å². The maximum Gasteiger partial charge on any atom is 0.171 e. The number of carbonyl (C=O) groups excluding carboxylic acids is 1. The number of quaternary nitrogens is 1. The zero-order chi connectivity index (χ0) is 15.3. The van der Waals surface area contributed by atoms with E-state index in [0.717, 1.165) is 22.9 Å². The Morgan fingerprint density at radius 2 is 1.95 bits per heavy atom. The molecule has 2 nitrogen and oxygen atoms in total. The lowest BCUT2D eigenvalue weighted by atomic mass is 9.81. The molecule has 0 saturated carbocycles. The van der Waals surface area contributed by atoms with Crippen LogP contribution in [0, 0.1) is 5.92 Å². The molecule has 1 aromatic carbocycles. The molecule has 116 valence electrons. The smallest absolute Gasteiger partial charge is 0.171 e. The third-order valence-corrected chi connectivity index (χ3v) is 5.11. The summed E-state index contributed by atoms with van der Waals surface area (Å²) in [6.07, 6.45) is 7.12. The summed E-state index contributed by atoms with van der Waals surface area (Å²) in [5.74, 6) is 0.546. The Bertz CT molecular complexity index is 452. The predicted octanol–water partition coefficient (Wildman–Crippen LogP) is 4.30. The number of nitrogens with zero attached hydrogens (tertiary/aromatic N) is 1. The van der Waals surface area contributed by atoms with Gasteiger partial charge in [0, 0.05) is 12.0 Å². The van der Waals surface area contributed by atoms with E-state index < -0.39 is 0 Å². The van der Waals surface area contributed by atoms with Gasteiger partial charge in [-0.15, -0.1) is 0 Å². The summed E-state index contributed by atoms with van der Waals surface area (Å²) in [4.78, 5) is 13.0. The molecule has 0 radical (unpaired) electrons. The molecule has 2 heteroatoms. The minimum absolute atomic E-state index is 0.183. The second kappa shape index (κ2) is 7.22. The predicted molar refractivity (Wildman–Crippen MR) is 88.4 cm³/mol. The van der Waals surface area contributed by atoms with E-state index >= 15 is 0 Å². The highest BCUT2D eigenvalue weighted by Crippen LogP contribution is 2.32. The molecule has 0 spiro atoms. The monoisotopic (exact) mass is 288 g/mol. The van der Waals surface area contributed by atoms with Crippen molar-refractivity contribution in [1.82, 2.24) is 0 Å². The molecule has 0 amide bonds. The van der Waals surface area contributed by atoms with E-state index in [1.54, 1.807) is 0 Å². The number of hydrogen-bond donors (Lipinski definition) is 0. The maximum atomic E-state index is 13.0. The minimum atomic E-state index is 0.183. The van der Waals surface area contributed by atoms with E-state index in [9.17, 15) is 4.79 Å². The number of unbranched alkanes of at least 4 members (excludes halogenated alkanes) is 1. The first-order valence-corrected chi connectivity index (χ1v) is 8.48. The zero-order valence-electron chi connectivity index (χ0n) is 13.8. The first-order valence-electron chi connectivity index (χ1n) is 8.48. The van der Waals surface area contributed by atoms with Crippen molar-refractivity contribution in [2.75, 3.05) is 20.6 Å². The van der Waals surface area contributed by atoms with Crippen LogP contribution in [0.5, 0.6) is 0 Å². The highest BCUT2D eigenvalue weighted by Gasteiger charge is 2.40. The van der Waals surface area contributed by atoms with Crippen molar-refractivity contribution in [2.45, 2.75) is 51.5 Å². The van der Waals surface area contributed by atoms with Crippen molar-refractivity contribution in [3.05, 3.63) is 35.9 Å². The SMILES string of the molecule is CCCCC(C(=O)c1ccccc1)C1CCCC[N+]1(C)C. The molecule has 1 fully saturated rings. The first-order chi connectivity index (χ1) is 10.1. The Labute approximate surface area is 129 Å². The van der Waals surface area contributed by atoms with E-state index in [0.29, 0.717) is 11.8 Å². The van der Waals surface area contributed by atoms with Gasteiger partial charge in [0.2, 0.25) is 0 Å². The molecule has 0 bridgehead atoms. The van der Waals surface area contributed by atoms with Crippen LogP contribution in [0.2, 0.25) is 0 Å². The third kappa shape index (κ3) is 3.94. The number of carbonyl (C=O) groups is 1. The molecule has 1 aliphatic heterocycles. The minimum Gasteiger partial charge on any atom is -0.325 e. The lowest BCUT2D eigenvalue weighted by Crippen LogP contribution is -2.56. The average molecular weight is 288 g/mol. The number of benzene rings is 1. The Morgan fingerprint density at radius 1 is 1.24 bits per heavy atom. The summed E-state index contributed by atoms with van der Waals surface area (Å²) >= 11 is 0. The molecule has 2 atom stereocenters. The van der Waals surface area contributed by atoms with E-state index in [4.69, 9.17) is 0 Å². The number of rotatable bonds is 6. The summed E-state index contributed by atoms with van der Waals surface area (Å²) in [5.41, 5.74) is 0.893. The Hall–Kier alpha value is -1.15. The Balaban J connectivity index is 2.23. The van der Waals surface area contributed by atoms with Gasteiger partial charge in [0.15, 0.2) is 5.78 Å². The second-order valence-electron chi connectivity index (χ2n) is 7.04. The number of likely N-dealkylation sites (tertiary alicyclic amines) is 1. The molecular formula is C19H30NO+. The van der Waals surface area contributed by atoms with Gasteiger partial charge in [-0.2, -0.15) is 0 Å². The molecule has 1 heterocycles. The molecular weight excluding hydrogens is 258 g/mol. The van der Waals surface area contributed by atoms with Crippen molar-refractivity contribution < 1.29 is 9.28 Å². The average Bonchev–Trinajstić information content (AvgIpc) is 2.49.